The Kier molecular flexibility index (Phi) is 3.00. The topological polar surface area (TPSA) is 21.3 Å². The summed E-state index contributed by atoms with van der Waals surface area (Å²) < 4.78 is 19.3. The number of methoxy groups -OCH3 is 1. The summed E-state index contributed by atoms with van der Waals surface area (Å²) in [6, 6.07) is 5.22. The van der Waals surface area contributed by atoms with Crippen molar-refractivity contribution in [2.75, 3.05) is 12.4 Å². The van der Waals surface area contributed by atoms with Gasteiger partial charge in [-0.05, 0) is 48.1 Å². The van der Waals surface area contributed by atoms with Gasteiger partial charge in [-0.25, -0.2) is 4.39 Å². The Bertz CT molecular complexity index is 523. The van der Waals surface area contributed by atoms with Crippen LogP contribution in [-0.4, -0.2) is 13.2 Å². The van der Waals surface area contributed by atoms with Crippen molar-refractivity contribution < 1.29 is 9.13 Å². The molecule has 3 atom stereocenters. The minimum atomic E-state index is -0.201. The van der Waals surface area contributed by atoms with E-state index in [1.165, 1.54) is 25.3 Å². The van der Waals surface area contributed by atoms with Gasteiger partial charge in [0.15, 0.2) is 0 Å². The smallest absolute Gasteiger partial charge is 0.146 e. The number of anilines is 1. The van der Waals surface area contributed by atoms with Crippen LogP contribution >= 0.6 is 0 Å². The molecule has 2 nitrogen and oxygen atoms in total. The molecule has 0 spiro atoms. The molecule has 0 radical (unpaired) electrons. The highest BCUT2D eigenvalue weighted by Gasteiger charge is 2.59. The zero-order chi connectivity index (χ0) is 14.5. The molecule has 2 aliphatic carbocycles. The number of hydrogen-bond acceptors (Lipinski definition) is 2. The molecule has 0 aromatic heterocycles. The highest BCUT2D eigenvalue weighted by atomic mass is 19.1. The van der Waals surface area contributed by atoms with Gasteiger partial charge in [-0.2, -0.15) is 0 Å². The van der Waals surface area contributed by atoms with Crippen LogP contribution in [0.3, 0.4) is 0 Å². The number of benzene rings is 1. The zero-order valence-electron chi connectivity index (χ0n) is 12.8. The van der Waals surface area contributed by atoms with Gasteiger partial charge in [-0.3, -0.25) is 0 Å². The van der Waals surface area contributed by atoms with E-state index < -0.39 is 0 Å². The lowest BCUT2D eigenvalue weighted by molar-refractivity contribution is 0.155. The highest BCUT2D eigenvalue weighted by Crippen LogP contribution is 2.63. The Labute approximate surface area is 120 Å². The standard InChI is InChI=1S/C17H24FNO/c1-16(2)11-7-8-17(3,10-11)15(16)19-14-9-12(20-4)5-6-13(14)18/h5-6,9,11,15,19H,7-8,10H2,1-4H3. The summed E-state index contributed by atoms with van der Waals surface area (Å²) in [4.78, 5) is 0. The predicted octanol–water partition coefficient (Wildman–Crippen LogP) is 4.46. The molecule has 0 saturated heterocycles. The monoisotopic (exact) mass is 277 g/mol. The second-order valence-electron chi connectivity index (χ2n) is 7.34. The van der Waals surface area contributed by atoms with Crippen LogP contribution in [0.1, 0.15) is 40.0 Å². The third-order valence-electron chi connectivity index (χ3n) is 5.74. The molecule has 3 unspecified atom stereocenters. The summed E-state index contributed by atoms with van der Waals surface area (Å²) in [6.07, 6.45) is 3.80. The Balaban J connectivity index is 1.91. The SMILES string of the molecule is COc1ccc(F)c(NC2C3(C)CCC(C3)C2(C)C)c1. The largest absolute Gasteiger partial charge is 0.497 e. The van der Waals surface area contributed by atoms with Gasteiger partial charge in [0.2, 0.25) is 0 Å². The minimum absolute atomic E-state index is 0.201. The van der Waals surface area contributed by atoms with Crippen LogP contribution in [0.5, 0.6) is 5.75 Å². The molecule has 20 heavy (non-hydrogen) atoms. The number of rotatable bonds is 3. The molecule has 110 valence electrons. The first-order valence-electron chi connectivity index (χ1n) is 7.47. The van der Waals surface area contributed by atoms with E-state index in [0.29, 0.717) is 17.5 Å². The Morgan fingerprint density at radius 3 is 2.65 bits per heavy atom. The fraction of sp³-hybridized carbons (Fsp3) is 0.647. The lowest BCUT2D eigenvalue weighted by atomic mass is 9.68. The minimum Gasteiger partial charge on any atom is -0.497 e. The van der Waals surface area contributed by atoms with Crippen LogP contribution in [0.25, 0.3) is 0 Å². The zero-order valence-corrected chi connectivity index (χ0v) is 12.8. The number of halogens is 1. The average Bonchev–Trinajstić information content (AvgIpc) is 2.88. The Morgan fingerprint density at radius 1 is 1.30 bits per heavy atom. The molecule has 3 heteroatoms. The molecule has 3 rings (SSSR count). The summed E-state index contributed by atoms with van der Waals surface area (Å²) in [7, 11) is 1.61. The quantitative estimate of drug-likeness (QED) is 0.880. The normalized spacial score (nSPS) is 34.2. The maximum atomic E-state index is 14.1. The van der Waals surface area contributed by atoms with E-state index in [1.807, 2.05) is 0 Å². The molecule has 2 fully saturated rings. The first kappa shape index (κ1) is 13.7. The molecule has 0 amide bonds. The fourth-order valence-corrected chi connectivity index (χ4v) is 4.56. The number of hydrogen-bond donors (Lipinski definition) is 1. The van der Waals surface area contributed by atoms with Crippen molar-refractivity contribution in [3.05, 3.63) is 24.0 Å². The maximum absolute atomic E-state index is 14.1. The molecule has 2 bridgehead atoms. The van der Waals surface area contributed by atoms with Crippen LogP contribution in [-0.2, 0) is 0 Å². The third-order valence-corrected chi connectivity index (χ3v) is 5.74. The first-order valence-corrected chi connectivity index (χ1v) is 7.47. The highest BCUT2D eigenvalue weighted by molar-refractivity contribution is 5.51. The third kappa shape index (κ3) is 1.90. The van der Waals surface area contributed by atoms with Crippen molar-refractivity contribution in [3.8, 4) is 5.75 Å². The fourth-order valence-electron chi connectivity index (χ4n) is 4.56. The van der Waals surface area contributed by atoms with Gasteiger partial charge >= 0.3 is 0 Å². The predicted molar refractivity (Wildman–Crippen MR) is 79.6 cm³/mol. The van der Waals surface area contributed by atoms with Crippen molar-refractivity contribution in [2.24, 2.45) is 16.7 Å². The molecule has 2 saturated carbocycles. The number of fused-ring (bicyclic) bond motifs is 2. The van der Waals surface area contributed by atoms with Gasteiger partial charge in [0, 0.05) is 12.1 Å². The summed E-state index contributed by atoms with van der Waals surface area (Å²) in [5, 5.41) is 3.49. The van der Waals surface area contributed by atoms with E-state index >= 15 is 0 Å². The lowest BCUT2D eigenvalue weighted by Gasteiger charge is -2.43. The Hall–Kier alpha value is -1.25. The molecule has 1 aromatic carbocycles. The number of ether oxygens (including phenoxy) is 1. The van der Waals surface area contributed by atoms with Crippen LogP contribution < -0.4 is 10.1 Å². The lowest BCUT2D eigenvalue weighted by Crippen LogP contribution is -2.45. The van der Waals surface area contributed by atoms with Crippen molar-refractivity contribution in [3.63, 3.8) is 0 Å². The summed E-state index contributed by atoms with van der Waals surface area (Å²) in [5.41, 5.74) is 1.06. The molecule has 0 heterocycles. The molecular weight excluding hydrogens is 253 g/mol. The second-order valence-corrected chi connectivity index (χ2v) is 7.34. The van der Waals surface area contributed by atoms with Gasteiger partial charge in [-0.1, -0.05) is 20.8 Å². The van der Waals surface area contributed by atoms with Gasteiger partial charge < -0.3 is 10.1 Å². The van der Waals surface area contributed by atoms with Crippen molar-refractivity contribution in [2.45, 2.75) is 46.1 Å². The van der Waals surface area contributed by atoms with Gasteiger partial charge in [0.1, 0.15) is 11.6 Å². The van der Waals surface area contributed by atoms with E-state index in [1.54, 1.807) is 19.2 Å². The van der Waals surface area contributed by atoms with E-state index in [2.05, 4.69) is 26.1 Å². The van der Waals surface area contributed by atoms with Gasteiger partial charge in [0.05, 0.1) is 12.8 Å². The molecular formula is C17H24FNO. The summed E-state index contributed by atoms with van der Waals surface area (Å²) in [6.45, 7) is 6.98. The molecule has 0 aliphatic heterocycles. The van der Waals surface area contributed by atoms with Crippen LogP contribution in [0.2, 0.25) is 0 Å². The van der Waals surface area contributed by atoms with E-state index in [0.717, 1.165) is 5.92 Å². The summed E-state index contributed by atoms with van der Waals surface area (Å²) in [5.74, 6) is 1.24. The van der Waals surface area contributed by atoms with Crippen LogP contribution in [0.15, 0.2) is 18.2 Å². The van der Waals surface area contributed by atoms with Crippen LogP contribution in [0, 0.1) is 22.6 Å². The Morgan fingerprint density at radius 2 is 2.05 bits per heavy atom. The molecule has 2 aliphatic rings. The van der Waals surface area contributed by atoms with E-state index in [4.69, 9.17) is 4.74 Å². The van der Waals surface area contributed by atoms with Crippen molar-refractivity contribution >= 4 is 5.69 Å². The average molecular weight is 277 g/mol. The number of nitrogens with one attached hydrogen (secondary N) is 1. The molecule has 1 N–H and O–H groups in total. The maximum Gasteiger partial charge on any atom is 0.146 e. The first-order chi connectivity index (χ1) is 9.37. The van der Waals surface area contributed by atoms with Gasteiger partial charge in [0.25, 0.3) is 0 Å². The van der Waals surface area contributed by atoms with Crippen molar-refractivity contribution in [1.29, 1.82) is 0 Å². The van der Waals surface area contributed by atoms with Crippen molar-refractivity contribution in [1.82, 2.24) is 0 Å². The van der Waals surface area contributed by atoms with E-state index in [9.17, 15) is 4.39 Å². The van der Waals surface area contributed by atoms with E-state index in [-0.39, 0.29) is 16.6 Å². The second kappa shape index (κ2) is 4.37. The summed E-state index contributed by atoms with van der Waals surface area (Å²) >= 11 is 0. The van der Waals surface area contributed by atoms with Crippen LogP contribution in [0.4, 0.5) is 10.1 Å². The van der Waals surface area contributed by atoms with Gasteiger partial charge in [-0.15, -0.1) is 0 Å². The molecule has 1 aromatic rings.